The first-order chi connectivity index (χ1) is 8.66. The maximum Gasteiger partial charge on any atom is 0.0398 e. The molecule has 0 fully saturated rings. The average molecular weight is 303 g/mol. The summed E-state index contributed by atoms with van der Waals surface area (Å²) in [4.78, 5) is 0.444. The van der Waals surface area contributed by atoms with Gasteiger partial charge in [0.25, 0.3) is 0 Å². The third-order valence-electron chi connectivity index (χ3n) is 3.33. The molecular weight excluding hydrogens is 284 g/mol. The maximum absolute atomic E-state index is 3.78. The topological polar surface area (TPSA) is 0 Å². The van der Waals surface area contributed by atoms with E-state index in [1.54, 1.807) is 0 Å². The van der Waals surface area contributed by atoms with Crippen molar-refractivity contribution >= 4 is 15.9 Å². The van der Waals surface area contributed by atoms with Gasteiger partial charge in [-0.2, -0.15) is 0 Å². The lowest BCUT2D eigenvalue weighted by Crippen LogP contribution is -1.95. The Kier molecular flexibility index (Phi) is 4.60. The molecule has 0 aliphatic carbocycles. The van der Waals surface area contributed by atoms with Crippen LogP contribution in [0, 0.1) is 13.8 Å². The molecule has 1 atom stereocenters. The number of rotatable bonds is 4. The van der Waals surface area contributed by atoms with Crippen LogP contribution in [0.15, 0.2) is 48.5 Å². The van der Waals surface area contributed by atoms with Crippen molar-refractivity contribution in [2.45, 2.75) is 31.5 Å². The molecule has 94 valence electrons. The molecule has 1 unspecified atom stereocenters. The SMILES string of the molecule is Cc1ccc(CCC(Br)c2ccccc2)c(C)c1. The summed E-state index contributed by atoms with van der Waals surface area (Å²) in [7, 11) is 0. The Hall–Kier alpha value is -1.08. The molecule has 1 heteroatoms. The normalized spacial score (nSPS) is 12.4. The van der Waals surface area contributed by atoms with Crippen molar-refractivity contribution in [2.24, 2.45) is 0 Å². The molecule has 18 heavy (non-hydrogen) atoms. The van der Waals surface area contributed by atoms with E-state index in [0.29, 0.717) is 4.83 Å². The highest BCUT2D eigenvalue weighted by Crippen LogP contribution is 2.28. The van der Waals surface area contributed by atoms with Gasteiger partial charge in [0, 0.05) is 4.83 Å². The molecule has 0 heterocycles. The minimum Gasteiger partial charge on any atom is -0.0839 e. The van der Waals surface area contributed by atoms with Gasteiger partial charge in [0.1, 0.15) is 0 Å². The third kappa shape index (κ3) is 3.46. The standard InChI is InChI=1S/C17H19Br/c1-13-8-9-15(14(2)12-13)10-11-17(18)16-6-4-3-5-7-16/h3-9,12,17H,10-11H2,1-2H3. The Morgan fingerprint density at radius 1 is 1.00 bits per heavy atom. The summed E-state index contributed by atoms with van der Waals surface area (Å²) in [6.45, 7) is 4.35. The Morgan fingerprint density at radius 3 is 2.39 bits per heavy atom. The zero-order chi connectivity index (χ0) is 13.0. The van der Waals surface area contributed by atoms with E-state index in [2.05, 4.69) is 78.3 Å². The predicted molar refractivity (Wildman–Crippen MR) is 82.3 cm³/mol. The Bertz CT molecular complexity index is 502. The molecule has 0 aliphatic heterocycles. The summed E-state index contributed by atoms with van der Waals surface area (Å²) in [5.74, 6) is 0. The van der Waals surface area contributed by atoms with Crippen molar-refractivity contribution in [1.29, 1.82) is 0 Å². The predicted octanol–water partition coefficient (Wildman–Crippen LogP) is 5.37. The first-order valence-electron chi connectivity index (χ1n) is 6.42. The number of halogens is 1. The van der Waals surface area contributed by atoms with Crippen LogP contribution < -0.4 is 0 Å². The highest BCUT2D eigenvalue weighted by Gasteiger charge is 2.08. The van der Waals surface area contributed by atoms with Gasteiger partial charge < -0.3 is 0 Å². The summed E-state index contributed by atoms with van der Waals surface area (Å²) in [6, 6.07) is 17.3. The lowest BCUT2D eigenvalue weighted by Gasteiger charge is -2.12. The highest BCUT2D eigenvalue weighted by atomic mass is 79.9. The fourth-order valence-electron chi connectivity index (χ4n) is 2.24. The molecule has 0 saturated carbocycles. The summed E-state index contributed by atoms with van der Waals surface area (Å²) in [5, 5.41) is 0. The van der Waals surface area contributed by atoms with Crippen LogP contribution in [0.1, 0.15) is 33.5 Å². The fourth-order valence-corrected chi connectivity index (χ4v) is 2.77. The lowest BCUT2D eigenvalue weighted by molar-refractivity contribution is 0.808. The van der Waals surface area contributed by atoms with Gasteiger partial charge in [-0.3, -0.25) is 0 Å². The van der Waals surface area contributed by atoms with Crippen LogP contribution >= 0.6 is 15.9 Å². The second-order valence-corrected chi connectivity index (χ2v) is 5.95. The minimum atomic E-state index is 0.444. The van der Waals surface area contributed by atoms with E-state index in [9.17, 15) is 0 Å². The molecular formula is C17H19Br. The van der Waals surface area contributed by atoms with Crippen molar-refractivity contribution in [3.63, 3.8) is 0 Å². The summed E-state index contributed by atoms with van der Waals surface area (Å²) < 4.78 is 0. The van der Waals surface area contributed by atoms with Gasteiger partial charge in [-0.05, 0) is 43.4 Å². The first kappa shape index (κ1) is 13.4. The van der Waals surface area contributed by atoms with Gasteiger partial charge in [0.15, 0.2) is 0 Å². The molecule has 2 aromatic rings. The largest absolute Gasteiger partial charge is 0.0839 e. The van der Waals surface area contributed by atoms with Gasteiger partial charge in [-0.15, -0.1) is 0 Å². The van der Waals surface area contributed by atoms with Crippen molar-refractivity contribution in [3.05, 3.63) is 70.8 Å². The number of hydrogen-bond acceptors (Lipinski definition) is 0. The molecule has 0 radical (unpaired) electrons. The molecule has 0 aliphatic rings. The van der Waals surface area contributed by atoms with Gasteiger partial charge >= 0.3 is 0 Å². The molecule has 0 spiro atoms. The highest BCUT2D eigenvalue weighted by molar-refractivity contribution is 9.09. The molecule has 0 N–H and O–H groups in total. The maximum atomic E-state index is 3.78. The van der Waals surface area contributed by atoms with Gasteiger partial charge in [0.2, 0.25) is 0 Å². The molecule has 0 aromatic heterocycles. The van der Waals surface area contributed by atoms with Crippen LogP contribution in [0.4, 0.5) is 0 Å². The smallest absolute Gasteiger partial charge is 0.0398 e. The quantitative estimate of drug-likeness (QED) is 0.666. The molecule has 2 aromatic carbocycles. The Balaban J connectivity index is 1.99. The zero-order valence-electron chi connectivity index (χ0n) is 11.0. The summed E-state index contributed by atoms with van der Waals surface area (Å²) in [6.07, 6.45) is 2.25. The Morgan fingerprint density at radius 2 is 1.72 bits per heavy atom. The van der Waals surface area contributed by atoms with E-state index in [-0.39, 0.29) is 0 Å². The summed E-state index contributed by atoms with van der Waals surface area (Å²) in [5.41, 5.74) is 5.57. The average Bonchev–Trinajstić information content (AvgIpc) is 2.38. The van der Waals surface area contributed by atoms with E-state index in [0.717, 1.165) is 12.8 Å². The second kappa shape index (κ2) is 6.19. The monoisotopic (exact) mass is 302 g/mol. The van der Waals surface area contributed by atoms with E-state index in [1.807, 2.05) is 0 Å². The van der Waals surface area contributed by atoms with Gasteiger partial charge in [0.05, 0.1) is 0 Å². The first-order valence-corrected chi connectivity index (χ1v) is 7.33. The number of alkyl halides is 1. The molecule has 0 saturated heterocycles. The molecule has 2 rings (SSSR count). The lowest BCUT2D eigenvalue weighted by atomic mass is 9.99. The number of hydrogen-bond donors (Lipinski definition) is 0. The van der Waals surface area contributed by atoms with Crippen LogP contribution in [0.25, 0.3) is 0 Å². The van der Waals surface area contributed by atoms with E-state index in [1.165, 1.54) is 22.3 Å². The van der Waals surface area contributed by atoms with Crippen LogP contribution in [0.3, 0.4) is 0 Å². The van der Waals surface area contributed by atoms with Crippen molar-refractivity contribution in [2.75, 3.05) is 0 Å². The van der Waals surface area contributed by atoms with E-state index < -0.39 is 0 Å². The van der Waals surface area contributed by atoms with E-state index >= 15 is 0 Å². The zero-order valence-corrected chi connectivity index (χ0v) is 12.6. The number of aryl methyl sites for hydroxylation is 3. The van der Waals surface area contributed by atoms with Crippen LogP contribution in [0.5, 0.6) is 0 Å². The fraction of sp³-hybridized carbons (Fsp3) is 0.294. The van der Waals surface area contributed by atoms with Gasteiger partial charge in [-0.1, -0.05) is 70.0 Å². The second-order valence-electron chi connectivity index (χ2n) is 4.85. The van der Waals surface area contributed by atoms with Crippen molar-refractivity contribution in [1.82, 2.24) is 0 Å². The van der Waals surface area contributed by atoms with Crippen LogP contribution in [-0.2, 0) is 6.42 Å². The van der Waals surface area contributed by atoms with Crippen molar-refractivity contribution in [3.8, 4) is 0 Å². The molecule has 0 amide bonds. The van der Waals surface area contributed by atoms with Crippen LogP contribution in [0.2, 0.25) is 0 Å². The molecule has 0 bridgehead atoms. The molecule has 0 nitrogen and oxygen atoms in total. The van der Waals surface area contributed by atoms with Crippen molar-refractivity contribution < 1.29 is 0 Å². The summed E-state index contributed by atoms with van der Waals surface area (Å²) >= 11 is 3.78. The van der Waals surface area contributed by atoms with E-state index in [4.69, 9.17) is 0 Å². The minimum absolute atomic E-state index is 0.444. The number of benzene rings is 2. The third-order valence-corrected chi connectivity index (χ3v) is 4.31. The Labute approximate surface area is 118 Å². The van der Waals surface area contributed by atoms with Gasteiger partial charge in [-0.25, -0.2) is 0 Å². The van der Waals surface area contributed by atoms with Crippen LogP contribution in [-0.4, -0.2) is 0 Å².